The van der Waals surface area contributed by atoms with E-state index in [9.17, 15) is 5.11 Å². The largest absolute Gasteiger partial charge is 0.490 e. The van der Waals surface area contributed by atoms with Gasteiger partial charge in [-0.25, -0.2) is 4.68 Å². The van der Waals surface area contributed by atoms with Gasteiger partial charge in [0.2, 0.25) is 0 Å². The molecule has 0 amide bonds. The van der Waals surface area contributed by atoms with Crippen LogP contribution in [0.25, 0.3) is 5.69 Å². The van der Waals surface area contributed by atoms with Crippen LogP contribution in [-0.2, 0) is 5.60 Å². The van der Waals surface area contributed by atoms with Crippen LogP contribution in [0.1, 0.15) is 26.0 Å². The van der Waals surface area contributed by atoms with Gasteiger partial charge < -0.3 is 14.6 Å². The van der Waals surface area contributed by atoms with E-state index >= 15 is 0 Å². The smallest absolute Gasteiger partial charge is 0.163 e. The summed E-state index contributed by atoms with van der Waals surface area (Å²) in [6, 6.07) is 5.61. The zero-order valence-electron chi connectivity index (χ0n) is 11.5. The molecule has 6 nitrogen and oxygen atoms in total. The average Bonchev–Trinajstić information content (AvgIpc) is 2.78. The second kappa shape index (κ2) is 4.79. The quantitative estimate of drug-likeness (QED) is 0.902. The molecule has 0 unspecified atom stereocenters. The first kappa shape index (κ1) is 12.9. The van der Waals surface area contributed by atoms with Crippen LogP contribution in [0.5, 0.6) is 11.5 Å². The van der Waals surface area contributed by atoms with Gasteiger partial charge in [0.1, 0.15) is 11.3 Å². The van der Waals surface area contributed by atoms with Crippen molar-refractivity contribution < 1.29 is 14.6 Å². The van der Waals surface area contributed by atoms with Gasteiger partial charge in [-0.3, -0.25) is 0 Å². The minimum absolute atomic E-state index is 0.518. The number of ether oxygens (including phenoxy) is 2. The van der Waals surface area contributed by atoms with Crippen LogP contribution in [0.3, 0.4) is 0 Å². The first-order valence-electron chi connectivity index (χ1n) is 6.59. The summed E-state index contributed by atoms with van der Waals surface area (Å²) in [6.07, 6.45) is 2.58. The number of aliphatic hydroxyl groups is 1. The number of fused-ring (bicyclic) bond motifs is 1. The van der Waals surface area contributed by atoms with Crippen LogP contribution in [0.2, 0.25) is 0 Å². The van der Waals surface area contributed by atoms with Crippen molar-refractivity contribution in [2.45, 2.75) is 25.9 Å². The maximum atomic E-state index is 9.92. The van der Waals surface area contributed by atoms with Crippen molar-refractivity contribution in [2.75, 3.05) is 13.2 Å². The molecule has 0 spiro atoms. The molecule has 0 atom stereocenters. The molecule has 3 rings (SSSR count). The van der Waals surface area contributed by atoms with Crippen molar-refractivity contribution in [1.82, 2.24) is 15.0 Å². The molecule has 0 saturated carbocycles. The fourth-order valence-corrected chi connectivity index (χ4v) is 1.96. The highest BCUT2D eigenvalue weighted by molar-refractivity contribution is 5.48. The Bertz CT molecular complexity index is 616. The second-order valence-corrected chi connectivity index (χ2v) is 5.29. The van der Waals surface area contributed by atoms with E-state index in [4.69, 9.17) is 9.47 Å². The van der Waals surface area contributed by atoms with Gasteiger partial charge in [-0.1, -0.05) is 5.21 Å². The maximum Gasteiger partial charge on any atom is 0.163 e. The van der Waals surface area contributed by atoms with E-state index in [1.165, 1.54) is 0 Å². The van der Waals surface area contributed by atoms with Crippen molar-refractivity contribution in [3.05, 3.63) is 30.1 Å². The van der Waals surface area contributed by atoms with E-state index in [-0.39, 0.29) is 0 Å². The summed E-state index contributed by atoms with van der Waals surface area (Å²) in [5, 5.41) is 17.9. The zero-order valence-corrected chi connectivity index (χ0v) is 11.5. The number of aromatic nitrogens is 3. The molecule has 2 heterocycles. The average molecular weight is 275 g/mol. The van der Waals surface area contributed by atoms with Crippen LogP contribution in [0.15, 0.2) is 24.4 Å². The molecule has 1 aliphatic heterocycles. The van der Waals surface area contributed by atoms with Crippen LogP contribution in [-0.4, -0.2) is 33.3 Å². The standard InChI is InChI=1S/C14H17N3O3/c1-14(2,18)13-9-17(16-15-13)10-4-5-11-12(8-10)20-7-3-6-19-11/h4-5,8-9,18H,3,6-7H2,1-2H3. The van der Waals surface area contributed by atoms with Crippen molar-refractivity contribution in [3.63, 3.8) is 0 Å². The number of hydrogen-bond acceptors (Lipinski definition) is 5. The van der Waals surface area contributed by atoms with Gasteiger partial charge in [0.15, 0.2) is 11.5 Å². The topological polar surface area (TPSA) is 69.4 Å². The maximum absolute atomic E-state index is 9.92. The third-order valence-electron chi connectivity index (χ3n) is 3.12. The predicted octanol–water partition coefficient (Wildman–Crippen LogP) is 1.66. The van der Waals surface area contributed by atoms with E-state index in [0.717, 1.165) is 17.9 Å². The molecule has 0 radical (unpaired) electrons. The summed E-state index contributed by atoms with van der Waals surface area (Å²) in [4.78, 5) is 0. The molecule has 0 bridgehead atoms. The van der Waals surface area contributed by atoms with Gasteiger partial charge in [0.25, 0.3) is 0 Å². The Morgan fingerprint density at radius 3 is 2.65 bits per heavy atom. The Morgan fingerprint density at radius 2 is 1.95 bits per heavy atom. The minimum Gasteiger partial charge on any atom is -0.490 e. The number of rotatable bonds is 2. The minimum atomic E-state index is -1.01. The first-order valence-corrected chi connectivity index (χ1v) is 6.59. The fourth-order valence-electron chi connectivity index (χ4n) is 1.96. The molecule has 0 aliphatic carbocycles. The lowest BCUT2D eigenvalue weighted by Gasteiger charge is -2.12. The lowest BCUT2D eigenvalue weighted by atomic mass is 10.1. The molecule has 6 heteroatoms. The molecule has 1 aliphatic rings. The van der Waals surface area contributed by atoms with E-state index < -0.39 is 5.60 Å². The summed E-state index contributed by atoms with van der Waals surface area (Å²) in [5.41, 5.74) is 0.325. The zero-order chi connectivity index (χ0) is 14.2. The van der Waals surface area contributed by atoms with E-state index in [1.807, 2.05) is 18.2 Å². The summed E-state index contributed by atoms with van der Waals surface area (Å²) >= 11 is 0. The molecule has 1 N–H and O–H groups in total. The van der Waals surface area contributed by atoms with Crippen molar-refractivity contribution in [3.8, 4) is 17.2 Å². The molecule has 1 aromatic heterocycles. The van der Waals surface area contributed by atoms with E-state index in [2.05, 4.69) is 10.3 Å². The Labute approximate surface area is 116 Å². The first-order chi connectivity index (χ1) is 9.54. The summed E-state index contributed by atoms with van der Waals surface area (Å²) in [5.74, 6) is 1.45. The highest BCUT2D eigenvalue weighted by atomic mass is 16.5. The lowest BCUT2D eigenvalue weighted by Crippen LogP contribution is -2.15. The summed E-state index contributed by atoms with van der Waals surface area (Å²) in [7, 11) is 0. The third-order valence-corrected chi connectivity index (χ3v) is 3.12. The van der Waals surface area contributed by atoms with Crippen molar-refractivity contribution in [2.24, 2.45) is 0 Å². The summed E-state index contributed by atoms with van der Waals surface area (Å²) < 4.78 is 12.9. The van der Waals surface area contributed by atoms with Gasteiger partial charge in [-0.2, -0.15) is 0 Å². The van der Waals surface area contributed by atoms with Crippen LogP contribution < -0.4 is 9.47 Å². The molecule has 106 valence electrons. The highest BCUT2D eigenvalue weighted by Gasteiger charge is 2.21. The van der Waals surface area contributed by atoms with E-state index in [0.29, 0.717) is 24.7 Å². The van der Waals surface area contributed by atoms with Crippen molar-refractivity contribution in [1.29, 1.82) is 0 Å². The van der Waals surface area contributed by atoms with Crippen LogP contribution >= 0.6 is 0 Å². The Morgan fingerprint density at radius 1 is 1.20 bits per heavy atom. The molecule has 1 aromatic carbocycles. The number of nitrogens with zero attached hydrogens (tertiary/aromatic N) is 3. The van der Waals surface area contributed by atoms with Gasteiger partial charge >= 0.3 is 0 Å². The normalized spacial score (nSPS) is 14.9. The SMILES string of the molecule is CC(C)(O)c1cn(-c2ccc3c(c2)OCCCO3)nn1. The molecule has 20 heavy (non-hydrogen) atoms. The molecular formula is C14H17N3O3. The van der Waals surface area contributed by atoms with Crippen LogP contribution in [0.4, 0.5) is 0 Å². The molecular weight excluding hydrogens is 258 g/mol. The number of benzene rings is 1. The molecule has 2 aromatic rings. The lowest BCUT2D eigenvalue weighted by molar-refractivity contribution is 0.0737. The fraction of sp³-hybridized carbons (Fsp3) is 0.429. The van der Waals surface area contributed by atoms with Gasteiger partial charge in [0.05, 0.1) is 25.1 Å². The van der Waals surface area contributed by atoms with Gasteiger partial charge in [-0.15, -0.1) is 5.10 Å². The highest BCUT2D eigenvalue weighted by Crippen LogP contribution is 2.31. The van der Waals surface area contributed by atoms with E-state index in [1.54, 1.807) is 24.7 Å². The van der Waals surface area contributed by atoms with Gasteiger partial charge in [0, 0.05) is 12.5 Å². The predicted molar refractivity (Wildman–Crippen MR) is 72.2 cm³/mol. The Kier molecular flexibility index (Phi) is 3.10. The number of hydrogen-bond donors (Lipinski definition) is 1. The van der Waals surface area contributed by atoms with Crippen LogP contribution in [0, 0.1) is 0 Å². The molecule has 0 saturated heterocycles. The van der Waals surface area contributed by atoms with Gasteiger partial charge in [-0.05, 0) is 26.0 Å². The van der Waals surface area contributed by atoms with Crippen molar-refractivity contribution >= 4 is 0 Å². The second-order valence-electron chi connectivity index (χ2n) is 5.29. The monoisotopic (exact) mass is 275 g/mol. The Hall–Kier alpha value is -2.08. The molecule has 0 fully saturated rings. The third kappa shape index (κ3) is 2.46. The summed E-state index contributed by atoms with van der Waals surface area (Å²) in [6.45, 7) is 4.66. The Balaban J connectivity index is 1.94.